The van der Waals surface area contributed by atoms with Crippen molar-refractivity contribution < 1.29 is 14.5 Å². The van der Waals surface area contributed by atoms with Gasteiger partial charge in [0.25, 0.3) is 5.69 Å². The van der Waals surface area contributed by atoms with E-state index in [2.05, 4.69) is 5.32 Å². The molecule has 8 heteroatoms. The molecule has 3 rings (SSSR count). The lowest BCUT2D eigenvalue weighted by molar-refractivity contribution is -0.385. The number of fused-ring (bicyclic) bond motifs is 1. The summed E-state index contributed by atoms with van der Waals surface area (Å²) in [6.45, 7) is 3.58. The molecule has 1 aliphatic heterocycles. The molecule has 146 valence electrons. The molecule has 2 amide bonds. The van der Waals surface area contributed by atoms with E-state index in [1.54, 1.807) is 42.0 Å². The second-order valence-corrected chi connectivity index (χ2v) is 6.97. The summed E-state index contributed by atoms with van der Waals surface area (Å²) in [4.78, 5) is 39.1. The van der Waals surface area contributed by atoms with Gasteiger partial charge in [-0.15, -0.1) is 0 Å². The van der Waals surface area contributed by atoms with Gasteiger partial charge in [0.2, 0.25) is 11.8 Å². The van der Waals surface area contributed by atoms with Crippen LogP contribution in [0.25, 0.3) is 0 Å². The van der Waals surface area contributed by atoms with E-state index in [1.165, 1.54) is 6.07 Å². The van der Waals surface area contributed by atoms with E-state index in [0.29, 0.717) is 22.6 Å². The Morgan fingerprint density at radius 2 is 2.04 bits per heavy atom. The molecule has 0 aromatic heterocycles. The third-order valence-electron chi connectivity index (χ3n) is 4.82. The first kappa shape index (κ1) is 19.3. The van der Waals surface area contributed by atoms with Crippen LogP contribution in [0.15, 0.2) is 42.5 Å². The van der Waals surface area contributed by atoms with Crippen LogP contribution in [0.5, 0.6) is 0 Å². The second-order valence-electron chi connectivity index (χ2n) is 6.97. The number of likely N-dealkylation sites (N-methyl/N-ethyl adjacent to an activating group) is 1. The van der Waals surface area contributed by atoms with Gasteiger partial charge in [-0.05, 0) is 38.1 Å². The number of amides is 2. The minimum absolute atomic E-state index is 0.0446. The zero-order chi connectivity index (χ0) is 20.4. The molecule has 28 heavy (non-hydrogen) atoms. The normalized spacial score (nSPS) is 16.0. The van der Waals surface area contributed by atoms with E-state index in [9.17, 15) is 19.7 Å². The Morgan fingerprint density at radius 3 is 2.71 bits per heavy atom. The number of anilines is 3. The fourth-order valence-corrected chi connectivity index (χ4v) is 3.42. The lowest BCUT2D eigenvalue weighted by Crippen LogP contribution is -2.44. The quantitative estimate of drug-likeness (QED) is 0.647. The molecule has 0 aliphatic carbocycles. The number of nitrogens with zero attached hydrogens (tertiary/aromatic N) is 3. The smallest absolute Gasteiger partial charge is 0.272 e. The third kappa shape index (κ3) is 3.80. The van der Waals surface area contributed by atoms with Gasteiger partial charge in [0.1, 0.15) is 0 Å². The first-order valence-corrected chi connectivity index (χ1v) is 8.95. The van der Waals surface area contributed by atoms with Gasteiger partial charge in [0.05, 0.1) is 22.8 Å². The molecule has 1 atom stereocenters. The molecule has 2 aromatic carbocycles. The number of nitro benzene ring substituents is 1. The second kappa shape index (κ2) is 7.67. The minimum atomic E-state index is -0.426. The third-order valence-corrected chi connectivity index (χ3v) is 4.82. The Hall–Kier alpha value is -3.42. The molecule has 0 spiro atoms. The van der Waals surface area contributed by atoms with Crippen LogP contribution in [0.3, 0.4) is 0 Å². The van der Waals surface area contributed by atoms with Gasteiger partial charge in [-0.2, -0.15) is 0 Å². The van der Waals surface area contributed by atoms with E-state index in [4.69, 9.17) is 0 Å². The van der Waals surface area contributed by atoms with Gasteiger partial charge in [-0.25, -0.2) is 0 Å². The summed E-state index contributed by atoms with van der Waals surface area (Å²) in [5.74, 6) is -0.287. The van der Waals surface area contributed by atoms with Gasteiger partial charge in [-0.3, -0.25) is 19.7 Å². The Labute approximate surface area is 162 Å². The van der Waals surface area contributed by atoms with Crippen LogP contribution in [-0.4, -0.2) is 36.4 Å². The number of nitro groups is 1. The summed E-state index contributed by atoms with van der Waals surface area (Å²) in [6, 6.07) is 11.7. The van der Waals surface area contributed by atoms with Crippen molar-refractivity contribution in [3.05, 3.63) is 58.1 Å². The first-order chi connectivity index (χ1) is 13.3. The summed E-state index contributed by atoms with van der Waals surface area (Å²) in [7, 11) is 1.76. The molecule has 2 aromatic rings. The number of para-hydroxylation sites is 2. The Kier molecular flexibility index (Phi) is 5.30. The maximum Gasteiger partial charge on any atom is 0.272 e. The highest BCUT2D eigenvalue weighted by Crippen LogP contribution is 2.31. The standard InChI is InChI=1S/C20H22N4O4/c1-13-10-15(8-9-17(13)24(27)28)22(3)12-20(26)23-14(2)11-19(25)21-16-6-4-5-7-18(16)23/h4-10,14H,11-12H2,1-3H3,(H,21,25). The van der Waals surface area contributed by atoms with Crippen molar-refractivity contribution in [3.8, 4) is 0 Å². The van der Waals surface area contributed by atoms with Gasteiger partial charge in [0.15, 0.2) is 0 Å². The maximum absolute atomic E-state index is 13.1. The van der Waals surface area contributed by atoms with Crippen LogP contribution in [-0.2, 0) is 9.59 Å². The largest absolute Gasteiger partial charge is 0.365 e. The lowest BCUT2D eigenvalue weighted by atomic mass is 10.1. The summed E-state index contributed by atoms with van der Waals surface area (Å²) < 4.78 is 0. The highest BCUT2D eigenvalue weighted by atomic mass is 16.6. The SMILES string of the molecule is Cc1cc(N(C)CC(=O)N2c3ccccc3NC(=O)CC2C)ccc1[N+](=O)[O-]. The van der Waals surface area contributed by atoms with Crippen LogP contribution >= 0.6 is 0 Å². The topological polar surface area (TPSA) is 95.8 Å². The fraction of sp³-hybridized carbons (Fsp3) is 0.300. The zero-order valence-corrected chi connectivity index (χ0v) is 16.0. The van der Waals surface area contributed by atoms with Crippen molar-refractivity contribution in [2.24, 2.45) is 0 Å². The van der Waals surface area contributed by atoms with Crippen LogP contribution in [0.4, 0.5) is 22.7 Å². The summed E-state index contributed by atoms with van der Waals surface area (Å²) in [6.07, 6.45) is 0.209. The maximum atomic E-state index is 13.1. The van der Waals surface area contributed by atoms with Crippen LogP contribution < -0.4 is 15.1 Å². The van der Waals surface area contributed by atoms with Crippen molar-refractivity contribution in [1.82, 2.24) is 0 Å². The van der Waals surface area contributed by atoms with Crippen molar-refractivity contribution in [3.63, 3.8) is 0 Å². The Morgan fingerprint density at radius 1 is 1.32 bits per heavy atom. The number of nitrogens with one attached hydrogen (secondary N) is 1. The van der Waals surface area contributed by atoms with Gasteiger partial charge >= 0.3 is 0 Å². The molecule has 8 nitrogen and oxygen atoms in total. The van der Waals surface area contributed by atoms with Crippen molar-refractivity contribution in [1.29, 1.82) is 0 Å². The van der Waals surface area contributed by atoms with Crippen molar-refractivity contribution in [2.45, 2.75) is 26.3 Å². The van der Waals surface area contributed by atoms with E-state index in [0.717, 1.165) is 0 Å². The lowest BCUT2D eigenvalue weighted by Gasteiger charge is -2.30. The van der Waals surface area contributed by atoms with Gasteiger partial charge < -0.3 is 15.1 Å². The molecule has 0 fully saturated rings. The summed E-state index contributed by atoms with van der Waals surface area (Å²) in [5, 5.41) is 13.8. The Balaban J connectivity index is 1.85. The van der Waals surface area contributed by atoms with Crippen LogP contribution in [0.2, 0.25) is 0 Å². The number of carbonyl (C=O) groups excluding carboxylic acids is 2. The number of hydrogen-bond donors (Lipinski definition) is 1. The molecule has 1 N–H and O–H groups in total. The molecule has 0 saturated carbocycles. The molecule has 1 heterocycles. The number of rotatable bonds is 4. The first-order valence-electron chi connectivity index (χ1n) is 8.95. The van der Waals surface area contributed by atoms with E-state index in [-0.39, 0.29) is 36.5 Å². The minimum Gasteiger partial charge on any atom is -0.365 e. The average molecular weight is 382 g/mol. The zero-order valence-electron chi connectivity index (χ0n) is 16.0. The summed E-state index contributed by atoms with van der Waals surface area (Å²) >= 11 is 0. The monoisotopic (exact) mass is 382 g/mol. The van der Waals surface area contributed by atoms with Gasteiger partial charge in [0, 0.05) is 36.8 Å². The number of aryl methyl sites for hydroxylation is 1. The van der Waals surface area contributed by atoms with Crippen molar-refractivity contribution in [2.75, 3.05) is 28.7 Å². The van der Waals surface area contributed by atoms with Crippen LogP contribution in [0, 0.1) is 17.0 Å². The predicted octanol–water partition coefficient (Wildman–Crippen LogP) is 3.10. The molecular weight excluding hydrogens is 360 g/mol. The fourth-order valence-electron chi connectivity index (χ4n) is 3.42. The molecule has 1 aliphatic rings. The van der Waals surface area contributed by atoms with Crippen molar-refractivity contribution >= 4 is 34.6 Å². The average Bonchev–Trinajstić information content (AvgIpc) is 2.75. The number of hydrogen-bond acceptors (Lipinski definition) is 5. The van der Waals surface area contributed by atoms with E-state index in [1.807, 2.05) is 25.1 Å². The predicted molar refractivity (Wildman–Crippen MR) is 108 cm³/mol. The van der Waals surface area contributed by atoms with E-state index >= 15 is 0 Å². The molecule has 0 bridgehead atoms. The molecular formula is C20H22N4O4. The molecule has 0 saturated heterocycles. The number of benzene rings is 2. The summed E-state index contributed by atoms with van der Waals surface area (Å²) in [5.41, 5.74) is 2.56. The highest BCUT2D eigenvalue weighted by Gasteiger charge is 2.30. The van der Waals surface area contributed by atoms with Gasteiger partial charge in [-0.1, -0.05) is 12.1 Å². The van der Waals surface area contributed by atoms with Crippen LogP contribution in [0.1, 0.15) is 18.9 Å². The molecule has 1 unspecified atom stereocenters. The highest BCUT2D eigenvalue weighted by molar-refractivity contribution is 6.05. The van der Waals surface area contributed by atoms with E-state index < -0.39 is 4.92 Å². The Bertz CT molecular complexity index is 944. The molecule has 0 radical (unpaired) electrons. The number of carbonyl (C=O) groups is 2.